The second-order valence-corrected chi connectivity index (χ2v) is 6.55. The van der Waals surface area contributed by atoms with Crippen molar-refractivity contribution in [2.24, 2.45) is 0 Å². The van der Waals surface area contributed by atoms with E-state index < -0.39 is 0 Å². The number of allylic oxidation sites excluding steroid dienone is 1. The number of rotatable bonds is 5. The highest BCUT2D eigenvalue weighted by Gasteiger charge is 2.08. The van der Waals surface area contributed by atoms with Crippen LogP contribution >= 0.6 is 15.9 Å². The van der Waals surface area contributed by atoms with Crippen molar-refractivity contribution >= 4 is 27.6 Å². The Labute approximate surface area is 160 Å². The quantitative estimate of drug-likeness (QED) is 0.370. The zero-order chi connectivity index (χ0) is 18.4. The number of hydrogen-bond donors (Lipinski definition) is 0. The zero-order valence-corrected chi connectivity index (χ0v) is 15.4. The molecule has 0 atom stereocenters. The van der Waals surface area contributed by atoms with Gasteiger partial charge < -0.3 is 4.74 Å². The van der Waals surface area contributed by atoms with Crippen LogP contribution in [0.4, 0.5) is 4.39 Å². The maximum atomic E-state index is 13.5. The molecule has 0 fully saturated rings. The van der Waals surface area contributed by atoms with Crippen LogP contribution in [0.2, 0.25) is 0 Å². The molecule has 0 spiro atoms. The fraction of sp³-hybridized carbons (Fsp3) is 0.0455. The first-order valence-electron chi connectivity index (χ1n) is 8.00. The highest BCUT2D eigenvalue weighted by Crippen LogP contribution is 2.28. The molecule has 0 saturated carbocycles. The van der Waals surface area contributed by atoms with Crippen LogP contribution in [0.1, 0.15) is 16.7 Å². The summed E-state index contributed by atoms with van der Waals surface area (Å²) in [5.41, 5.74) is 2.70. The van der Waals surface area contributed by atoms with Gasteiger partial charge in [0.2, 0.25) is 0 Å². The monoisotopic (exact) mass is 407 g/mol. The maximum Gasteiger partial charge on any atom is 0.127 e. The molecule has 2 nitrogen and oxygen atoms in total. The van der Waals surface area contributed by atoms with Gasteiger partial charge >= 0.3 is 0 Å². The van der Waals surface area contributed by atoms with Crippen molar-refractivity contribution in [1.82, 2.24) is 0 Å². The molecule has 0 aromatic heterocycles. The van der Waals surface area contributed by atoms with Crippen LogP contribution in [0.3, 0.4) is 0 Å². The van der Waals surface area contributed by atoms with Crippen molar-refractivity contribution in [2.75, 3.05) is 0 Å². The van der Waals surface area contributed by atoms with E-state index in [9.17, 15) is 9.65 Å². The van der Waals surface area contributed by atoms with Gasteiger partial charge in [0.15, 0.2) is 0 Å². The number of hydrogen-bond acceptors (Lipinski definition) is 2. The molecule has 0 aliphatic carbocycles. The lowest BCUT2D eigenvalue weighted by atomic mass is 10.0. The SMILES string of the molecule is N#C/C(=C/c1cc(Br)ccc1OCc1ccccc1)c1cccc(F)c1. The van der Waals surface area contributed by atoms with E-state index in [2.05, 4.69) is 22.0 Å². The molecule has 3 rings (SSSR count). The summed E-state index contributed by atoms with van der Waals surface area (Å²) in [5.74, 6) is 0.277. The number of ether oxygens (including phenoxy) is 1. The highest BCUT2D eigenvalue weighted by molar-refractivity contribution is 9.10. The summed E-state index contributed by atoms with van der Waals surface area (Å²) in [5, 5.41) is 9.51. The van der Waals surface area contributed by atoms with Crippen LogP contribution in [-0.4, -0.2) is 0 Å². The molecule has 0 bridgehead atoms. The van der Waals surface area contributed by atoms with Crippen LogP contribution in [0.25, 0.3) is 11.6 Å². The average molecular weight is 408 g/mol. The van der Waals surface area contributed by atoms with Crippen LogP contribution < -0.4 is 4.74 Å². The summed E-state index contributed by atoms with van der Waals surface area (Å²) in [6, 6.07) is 23.6. The van der Waals surface area contributed by atoms with E-state index in [4.69, 9.17) is 4.74 Å². The van der Waals surface area contributed by atoms with Crippen LogP contribution in [0.15, 0.2) is 77.3 Å². The largest absolute Gasteiger partial charge is 0.488 e. The average Bonchev–Trinajstić information content (AvgIpc) is 2.66. The molecule has 3 aromatic carbocycles. The molecular formula is C22H15BrFNO. The number of benzene rings is 3. The minimum absolute atomic E-state index is 0.368. The van der Waals surface area contributed by atoms with Crippen molar-refractivity contribution < 1.29 is 9.13 Å². The first-order chi connectivity index (χ1) is 12.7. The van der Waals surface area contributed by atoms with E-state index in [0.717, 1.165) is 15.6 Å². The van der Waals surface area contributed by atoms with Gasteiger partial charge in [0.1, 0.15) is 18.2 Å². The minimum Gasteiger partial charge on any atom is -0.488 e. The summed E-state index contributed by atoms with van der Waals surface area (Å²) in [6.07, 6.45) is 1.71. The zero-order valence-electron chi connectivity index (χ0n) is 13.8. The Morgan fingerprint density at radius 2 is 1.85 bits per heavy atom. The van der Waals surface area contributed by atoms with Gasteiger partial charge in [-0.2, -0.15) is 5.26 Å². The molecule has 4 heteroatoms. The standard InChI is InChI=1S/C22H15BrFNO/c23-20-9-10-22(26-15-16-5-2-1-3-6-16)18(12-20)11-19(14-25)17-7-4-8-21(24)13-17/h1-13H,15H2/b19-11-. The molecule has 128 valence electrons. The molecule has 0 amide bonds. The lowest BCUT2D eigenvalue weighted by molar-refractivity contribution is 0.305. The van der Waals surface area contributed by atoms with Gasteiger partial charge in [-0.25, -0.2) is 4.39 Å². The summed E-state index contributed by atoms with van der Waals surface area (Å²) < 4.78 is 20.3. The second kappa shape index (κ2) is 8.46. The Morgan fingerprint density at radius 1 is 1.04 bits per heavy atom. The Hall–Kier alpha value is -2.90. The van der Waals surface area contributed by atoms with Gasteiger partial charge in [-0.15, -0.1) is 0 Å². The van der Waals surface area contributed by atoms with E-state index in [1.807, 2.05) is 48.5 Å². The lowest BCUT2D eigenvalue weighted by Gasteiger charge is -2.11. The van der Waals surface area contributed by atoms with Crippen molar-refractivity contribution in [3.05, 3.63) is 99.8 Å². The van der Waals surface area contributed by atoms with E-state index >= 15 is 0 Å². The Bertz CT molecular complexity index is 977. The smallest absolute Gasteiger partial charge is 0.127 e. The van der Waals surface area contributed by atoms with E-state index in [1.165, 1.54) is 12.1 Å². The predicted molar refractivity (Wildman–Crippen MR) is 105 cm³/mol. The normalized spacial score (nSPS) is 11.0. The van der Waals surface area contributed by atoms with Gasteiger partial charge in [-0.3, -0.25) is 0 Å². The van der Waals surface area contributed by atoms with Crippen molar-refractivity contribution in [3.63, 3.8) is 0 Å². The topological polar surface area (TPSA) is 33.0 Å². The Balaban J connectivity index is 1.93. The first-order valence-corrected chi connectivity index (χ1v) is 8.79. The van der Waals surface area contributed by atoms with E-state index in [1.54, 1.807) is 18.2 Å². The van der Waals surface area contributed by atoms with Crippen molar-refractivity contribution in [3.8, 4) is 11.8 Å². The van der Waals surface area contributed by atoms with E-state index in [-0.39, 0.29) is 5.82 Å². The van der Waals surface area contributed by atoms with Gasteiger partial charge in [0.05, 0.1) is 11.6 Å². The third kappa shape index (κ3) is 4.59. The number of halogens is 2. The predicted octanol–water partition coefficient (Wildman–Crippen LogP) is 6.23. The third-order valence-corrected chi connectivity index (χ3v) is 4.26. The number of nitrogens with zero attached hydrogens (tertiary/aromatic N) is 1. The summed E-state index contributed by atoms with van der Waals surface area (Å²) in [4.78, 5) is 0. The van der Waals surface area contributed by atoms with Crippen LogP contribution in [0, 0.1) is 17.1 Å². The fourth-order valence-electron chi connectivity index (χ4n) is 2.49. The second-order valence-electron chi connectivity index (χ2n) is 5.64. The summed E-state index contributed by atoms with van der Waals surface area (Å²) in [6.45, 7) is 0.422. The maximum absolute atomic E-state index is 13.5. The Kier molecular flexibility index (Phi) is 5.83. The number of nitriles is 1. The van der Waals surface area contributed by atoms with Gasteiger partial charge in [0, 0.05) is 10.0 Å². The Morgan fingerprint density at radius 3 is 2.58 bits per heavy atom. The first kappa shape index (κ1) is 17.9. The molecule has 26 heavy (non-hydrogen) atoms. The van der Waals surface area contributed by atoms with Crippen LogP contribution in [-0.2, 0) is 6.61 Å². The van der Waals surface area contributed by atoms with Crippen molar-refractivity contribution in [1.29, 1.82) is 5.26 Å². The summed E-state index contributed by atoms with van der Waals surface area (Å²) in [7, 11) is 0. The molecular weight excluding hydrogens is 393 g/mol. The molecule has 0 radical (unpaired) electrons. The minimum atomic E-state index is -0.376. The van der Waals surface area contributed by atoms with E-state index in [0.29, 0.717) is 23.5 Å². The van der Waals surface area contributed by atoms with Gasteiger partial charge in [-0.1, -0.05) is 58.4 Å². The molecule has 0 unspecified atom stereocenters. The van der Waals surface area contributed by atoms with Crippen LogP contribution in [0.5, 0.6) is 5.75 Å². The lowest BCUT2D eigenvalue weighted by Crippen LogP contribution is -1.97. The van der Waals surface area contributed by atoms with Gasteiger partial charge in [-0.05, 0) is 47.5 Å². The van der Waals surface area contributed by atoms with Gasteiger partial charge in [0.25, 0.3) is 0 Å². The fourth-order valence-corrected chi connectivity index (χ4v) is 2.87. The molecule has 0 aliphatic heterocycles. The molecule has 3 aromatic rings. The van der Waals surface area contributed by atoms with Crippen molar-refractivity contribution in [2.45, 2.75) is 6.61 Å². The molecule has 0 saturated heterocycles. The highest BCUT2D eigenvalue weighted by atomic mass is 79.9. The molecule has 0 N–H and O–H groups in total. The summed E-state index contributed by atoms with van der Waals surface area (Å²) >= 11 is 3.44. The molecule has 0 heterocycles. The molecule has 0 aliphatic rings. The third-order valence-electron chi connectivity index (χ3n) is 3.76.